The summed E-state index contributed by atoms with van der Waals surface area (Å²) in [5.74, 6) is 3.53. The highest BCUT2D eigenvalue weighted by Gasteiger charge is 2.44. The van der Waals surface area contributed by atoms with Gasteiger partial charge in [0.05, 0.1) is 0 Å². The summed E-state index contributed by atoms with van der Waals surface area (Å²) in [5.41, 5.74) is 0.443. The Balaban J connectivity index is 2.09. The molecule has 98 valence electrons. The van der Waals surface area contributed by atoms with Crippen molar-refractivity contribution < 1.29 is 4.79 Å². The van der Waals surface area contributed by atoms with Crippen LogP contribution in [0.1, 0.15) is 60.3 Å². The van der Waals surface area contributed by atoms with Crippen molar-refractivity contribution in [1.82, 2.24) is 0 Å². The van der Waals surface area contributed by atoms with Crippen molar-refractivity contribution in [1.29, 1.82) is 0 Å². The molecule has 0 heterocycles. The van der Waals surface area contributed by atoms with Crippen LogP contribution >= 0.6 is 0 Å². The Kier molecular flexibility index (Phi) is 3.40. The van der Waals surface area contributed by atoms with E-state index in [0.29, 0.717) is 29.0 Å². The summed E-state index contributed by atoms with van der Waals surface area (Å²) in [5, 5.41) is 0. The first kappa shape index (κ1) is 13.1. The third-order valence-electron chi connectivity index (χ3n) is 5.50. The molecule has 0 aliphatic heterocycles. The van der Waals surface area contributed by atoms with Crippen molar-refractivity contribution in [2.75, 3.05) is 0 Å². The van der Waals surface area contributed by atoms with E-state index in [-0.39, 0.29) is 0 Å². The van der Waals surface area contributed by atoms with Crippen LogP contribution in [0.5, 0.6) is 0 Å². The van der Waals surface area contributed by atoms with E-state index in [1.807, 2.05) is 0 Å². The molecule has 3 unspecified atom stereocenters. The zero-order chi connectivity index (χ0) is 12.8. The molecule has 0 radical (unpaired) electrons. The maximum absolute atomic E-state index is 12.1. The van der Waals surface area contributed by atoms with Crippen LogP contribution in [0.25, 0.3) is 0 Å². The SMILES string of the molecule is CC1CC2C[C@H](C(C)(C)C)CCC2[C@H](C)C1=O. The standard InChI is InChI=1S/C16H28O/c1-10-8-12-9-13(16(3,4)5)6-7-14(12)11(2)15(10)17/h10-14H,6-9H2,1-5H3/t10?,11-,12?,13+,14?/m0/s1. The van der Waals surface area contributed by atoms with E-state index in [2.05, 4.69) is 34.6 Å². The molecule has 0 aromatic heterocycles. The van der Waals surface area contributed by atoms with E-state index < -0.39 is 0 Å². The maximum Gasteiger partial charge on any atom is 0.138 e. The van der Waals surface area contributed by atoms with Crippen LogP contribution in [0.2, 0.25) is 0 Å². The van der Waals surface area contributed by atoms with E-state index >= 15 is 0 Å². The fourth-order valence-corrected chi connectivity index (χ4v) is 4.23. The summed E-state index contributed by atoms with van der Waals surface area (Å²) in [4.78, 5) is 12.1. The van der Waals surface area contributed by atoms with E-state index in [1.165, 1.54) is 19.3 Å². The van der Waals surface area contributed by atoms with E-state index in [9.17, 15) is 4.79 Å². The summed E-state index contributed by atoms with van der Waals surface area (Å²) >= 11 is 0. The fourth-order valence-electron chi connectivity index (χ4n) is 4.23. The molecule has 2 fully saturated rings. The lowest BCUT2D eigenvalue weighted by molar-refractivity contribution is -0.134. The van der Waals surface area contributed by atoms with Crippen LogP contribution < -0.4 is 0 Å². The van der Waals surface area contributed by atoms with Crippen molar-refractivity contribution >= 4 is 5.78 Å². The van der Waals surface area contributed by atoms with Gasteiger partial charge in [-0.05, 0) is 48.9 Å². The minimum atomic E-state index is 0.310. The molecule has 0 spiro atoms. The minimum Gasteiger partial charge on any atom is -0.299 e. The lowest BCUT2D eigenvalue weighted by Gasteiger charge is -2.47. The van der Waals surface area contributed by atoms with Gasteiger partial charge in [0.25, 0.3) is 0 Å². The largest absolute Gasteiger partial charge is 0.299 e. The molecule has 0 aromatic carbocycles. The first-order valence-electron chi connectivity index (χ1n) is 7.34. The van der Waals surface area contributed by atoms with Gasteiger partial charge in [-0.15, -0.1) is 0 Å². The molecule has 1 nitrogen and oxygen atoms in total. The zero-order valence-corrected chi connectivity index (χ0v) is 12.1. The van der Waals surface area contributed by atoms with Crippen LogP contribution in [0.15, 0.2) is 0 Å². The number of carbonyl (C=O) groups excluding carboxylic acids is 1. The van der Waals surface area contributed by atoms with Gasteiger partial charge in [-0.25, -0.2) is 0 Å². The molecule has 0 N–H and O–H groups in total. The van der Waals surface area contributed by atoms with Gasteiger partial charge in [0.2, 0.25) is 0 Å². The summed E-state index contributed by atoms with van der Waals surface area (Å²) in [6.45, 7) is 11.4. The van der Waals surface area contributed by atoms with Crippen molar-refractivity contribution in [3.8, 4) is 0 Å². The third kappa shape index (κ3) is 2.44. The molecule has 2 aliphatic rings. The molecule has 2 aliphatic carbocycles. The van der Waals surface area contributed by atoms with Gasteiger partial charge < -0.3 is 0 Å². The van der Waals surface area contributed by atoms with Gasteiger partial charge in [-0.1, -0.05) is 34.6 Å². The Labute approximate surface area is 106 Å². The highest BCUT2D eigenvalue weighted by molar-refractivity contribution is 5.83. The summed E-state index contributed by atoms with van der Waals surface area (Å²) < 4.78 is 0. The summed E-state index contributed by atoms with van der Waals surface area (Å²) in [6.07, 6.45) is 5.12. The normalized spacial score (nSPS) is 43.4. The fraction of sp³-hybridized carbons (Fsp3) is 0.938. The Morgan fingerprint density at radius 1 is 1.06 bits per heavy atom. The molecule has 5 atom stereocenters. The van der Waals surface area contributed by atoms with Gasteiger partial charge in [-0.2, -0.15) is 0 Å². The topological polar surface area (TPSA) is 17.1 Å². The Hall–Kier alpha value is -0.330. The summed E-state index contributed by atoms with van der Waals surface area (Å²) in [6, 6.07) is 0. The molecule has 17 heavy (non-hydrogen) atoms. The van der Waals surface area contributed by atoms with Crippen LogP contribution in [-0.4, -0.2) is 5.78 Å². The Morgan fingerprint density at radius 2 is 1.71 bits per heavy atom. The molecular weight excluding hydrogens is 208 g/mol. The molecule has 2 rings (SSSR count). The van der Waals surface area contributed by atoms with E-state index in [4.69, 9.17) is 0 Å². The lowest BCUT2D eigenvalue weighted by atomic mass is 9.57. The quantitative estimate of drug-likeness (QED) is 0.612. The number of hydrogen-bond donors (Lipinski definition) is 0. The van der Waals surface area contributed by atoms with Gasteiger partial charge in [0, 0.05) is 11.8 Å². The first-order valence-corrected chi connectivity index (χ1v) is 7.34. The predicted molar refractivity (Wildman–Crippen MR) is 71.7 cm³/mol. The second kappa shape index (κ2) is 4.40. The van der Waals surface area contributed by atoms with Gasteiger partial charge in [0.1, 0.15) is 5.78 Å². The van der Waals surface area contributed by atoms with Crippen LogP contribution in [-0.2, 0) is 4.79 Å². The van der Waals surface area contributed by atoms with Crippen LogP contribution in [0.3, 0.4) is 0 Å². The number of Topliss-reactive ketones (excluding diaryl/α,β-unsaturated/α-hetero) is 1. The average molecular weight is 236 g/mol. The van der Waals surface area contributed by atoms with Gasteiger partial charge in [0.15, 0.2) is 0 Å². The number of ketones is 1. The second-order valence-corrected chi connectivity index (χ2v) is 7.63. The van der Waals surface area contributed by atoms with Gasteiger partial charge in [-0.3, -0.25) is 4.79 Å². The highest BCUT2D eigenvalue weighted by atomic mass is 16.1. The highest BCUT2D eigenvalue weighted by Crippen LogP contribution is 2.49. The monoisotopic (exact) mass is 236 g/mol. The third-order valence-corrected chi connectivity index (χ3v) is 5.50. The molecule has 1 heteroatoms. The van der Waals surface area contributed by atoms with Crippen molar-refractivity contribution in [2.45, 2.75) is 60.3 Å². The Morgan fingerprint density at radius 3 is 2.29 bits per heavy atom. The Bertz CT molecular complexity index is 299. The molecule has 0 amide bonds. The van der Waals surface area contributed by atoms with E-state index in [0.717, 1.165) is 18.3 Å². The first-order chi connectivity index (χ1) is 7.80. The molecule has 0 saturated heterocycles. The summed E-state index contributed by atoms with van der Waals surface area (Å²) in [7, 11) is 0. The average Bonchev–Trinajstić information content (AvgIpc) is 2.24. The number of hydrogen-bond acceptors (Lipinski definition) is 1. The number of fused-ring (bicyclic) bond motifs is 1. The maximum atomic E-state index is 12.1. The predicted octanol–water partition coefficient (Wildman–Crippen LogP) is 4.31. The van der Waals surface area contributed by atoms with Crippen LogP contribution in [0.4, 0.5) is 0 Å². The molecule has 2 saturated carbocycles. The number of carbonyl (C=O) groups is 1. The molecular formula is C16H28O. The minimum absolute atomic E-state index is 0.310. The molecule has 0 bridgehead atoms. The van der Waals surface area contributed by atoms with Gasteiger partial charge >= 0.3 is 0 Å². The van der Waals surface area contributed by atoms with E-state index in [1.54, 1.807) is 0 Å². The smallest absolute Gasteiger partial charge is 0.138 e. The van der Waals surface area contributed by atoms with Crippen molar-refractivity contribution in [3.05, 3.63) is 0 Å². The second-order valence-electron chi connectivity index (χ2n) is 7.63. The van der Waals surface area contributed by atoms with Crippen molar-refractivity contribution in [3.63, 3.8) is 0 Å². The van der Waals surface area contributed by atoms with Crippen molar-refractivity contribution in [2.24, 2.45) is 35.0 Å². The number of rotatable bonds is 0. The van der Waals surface area contributed by atoms with Crippen LogP contribution in [0, 0.1) is 35.0 Å². The molecule has 0 aromatic rings. The lowest BCUT2D eigenvalue weighted by Crippen LogP contribution is -2.43. The zero-order valence-electron chi connectivity index (χ0n) is 12.1.